The van der Waals surface area contributed by atoms with Gasteiger partial charge in [0.1, 0.15) is 11.5 Å². The quantitative estimate of drug-likeness (QED) is 0.807. The summed E-state index contributed by atoms with van der Waals surface area (Å²) in [7, 11) is 1.65. The lowest BCUT2D eigenvalue weighted by Crippen LogP contribution is -2.45. The van der Waals surface area contributed by atoms with Crippen LogP contribution in [0.2, 0.25) is 0 Å². The number of aromatic nitrogens is 1. The highest BCUT2D eigenvalue weighted by Crippen LogP contribution is 2.21. The first-order valence-corrected chi connectivity index (χ1v) is 9.80. The minimum Gasteiger partial charge on any atom is -0.497 e. The number of ether oxygens (including phenoxy) is 2. The number of likely N-dealkylation sites (tertiary alicyclic amines) is 1. The molecule has 0 bridgehead atoms. The summed E-state index contributed by atoms with van der Waals surface area (Å²) in [6, 6.07) is 7.66. The fourth-order valence-electron chi connectivity index (χ4n) is 2.95. The molecule has 140 valence electrons. The summed E-state index contributed by atoms with van der Waals surface area (Å²) in [5.74, 6) is 2.16. The van der Waals surface area contributed by atoms with Crippen molar-refractivity contribution in [3.8, 4) is 11.5 Å². The highest BCUT2D eigenvalue weighted by molar-refractivity contribution is 7.09. The molecule has 7 heteroatoms. The van der Waals surface area contributed by atoms with Gasteiger partial charge in [0, 0.05) is 37.6 Å². The SMILES string of the molecule is COc1ccc(OCC2CCN(C(=O)NCCc3nccs3)CC2)cc1. The van der Waals surface area contributed by atoms with Crippen molar-refractivity contribution in [1.82, 2.24) is 15.2 Å². The zero-order chi connectivity index (χ0) is 18.2. The Bertz CT molecular complexity index is 668. The van der Waals surface area contributed by atoms with Gasteiger partial charge in [-0.25, -0.2) is 9.78 Å². The van der Waals surface area contributed by atoms with Crippen molar-refractivity contribution < 1.29 is 14.3 Å². The zero-order valence-electron chi connectivity index (χ0n) is 15.0. The number of urea groups is 1. The Morgan fingerprint density at radius 2 is 2.00 bits per heavy atom. The molecular weight excluding hydrogens is 350 g/mol. The summed E-state index contributed by atoms with van der Waals surface area (Å²) < 4.78 is 11.0. The number of methoxy groups -OCH3 is 1. The molecule has 6 nitrogen and oxygen atoms in total. The van der Waals surface area contributed by atoms with E-state index < -0.39 is 0 Å². The van der Waals surface area contributed by atoms with Gasteiger partial charge < -0.3 is 19.7 Å². The minimum atomic E-state index is 0.0241. The molecule has 3 rings (SSSR count). The second-order valence-electron chi connectivity index (χ2n) is 6.32. The third-order valence-electron chi connectivity index (χ3n) is 4.55. The molecule has 1 aromatic heterocycles. The topological polar surface area (TPSA) is 63.7 Å². The molecule has 0 aliphatic carbocycles. The van der Waals surface area contributed by atoms with E-state index in [0.717, 1.165) is 48.9 Å². The van der Waals surface area contributed by atoms with Gasteiger partial charge in [-0.2, -0.15) is 0 Å². The summed E-state index contributed by atoms with van der Waals surface area (Å²) in [5.41, 5.74) is 0. The average molecular weight is 375 g/mol. The lowest BCUT2D eigenvalue weighted by Gasteiger charge is -2.31. The van der Waals surface area contributed by atoms with Crippen LogP contribution in [0.4, 0.5) is 4.79 Å². The van der Waals surface area contributed by atoms with E-state index >= 15 is 0 Å². The maximum absolute atomic E-state index is 12.2. The fraction of sp³-hybridized carbons (Fsp3) is 0.474. The lowest BCUT2D eigenvalue weighted by atomic mass is 9.98. The van der Waals surface area contributed by atoms with E-state index in [1.807, 2.05) is 34.5 Å². The van der Waals surface area contributed by atoms with Crippen LogP contribution in [0.15, 0.2) is 35.8 Å². The van der Waals surface area contributed by atoms with E-state index in [1.54, 1.807) is 24.6 Å². The van der Waals surface area contributed by atoms with Gasteiger partial charge >= 0.3 is 6.03 Å². The summed E-state index contributed by atoms with van der Waals surface area (Å²) in [6.07, 6.45) is 4.52. The van der Waals surface area contributed by atoms with E-state index in [4.69, 9.17) is 9.47 Å². The second kappa shape index (κ2) is 9.43. The molecule has 1 aromatic carbocycles. The van der Waals surface area contributed by atoms with Crippen molar-refractivity contribution in [1.29, 1.82) is 0 Å². The molecule has 0 saturated carbocycles. The van der Waals surface area contributed by atoms with Crippen LogP contribution in [-0.2, 0) is 6.42 Å². The Hall–Kier alpha value is -2.28. The highest BCUT2D eigenvalue weighted by Gasteiger charge is 2.23. The van der Waals surface area contributed by atoms with E-state index in [9.17, 15) is 4.79 Å². The van der Waals surface area contributed by atoms with Gasteiger partial charge in [0.05, 0.1) is 18.7 Å². The minimum absolute atomic E-state index is 0.0241. The van der Waals surface area contributed by atoms with Crippen molar-refractivity contribution in [2.24, 2.45) is 5.92 Å². The van der Waals surface area contributed by atoms with Gasteiger partial charge in [0.15, 0.2) is 0 Å². The standard InChI is InChI=1S/C19H25N3O3S/c1-24-16-2-4-17(5-3-16)25-14-15-7-11-22(12-8-15)19(23)21-9-6-18-20-10-13-26-18/h2-5,10,13,15H,6-9,11-12,14H2,1H3,(H,21,23). The molecule has 1 fully saturated rings. The molecule has 2 aromatic rings. The Kier molecular flexibility index (Phi) is 6.71. The highest BCUT2D eigenvalue weighted by atomic mass is 32.1. The summed E-state index contributed by atoms with van der Waals surface area (Å²) >= 11 is 1.62. The molecule has 1 aliphatic heterocycles. The van der Waals surface area contributed by atoms with Gasteiger partial charge in [-0.15, -0.1) is 11.3 Å². The molecule has 2 heterocycles. The van der Waals surface area contributed by atoms with E-state index in [1.165, 1.54) is 0 Å². The average Bonchev–Trinajstić information content (AvgIpc) is 3.20. The van der Waals surface area contributed by atoms with Crippen LogP contribution in [-0.4, -0.2) is 49.3 Å². The maximum Gasteiger partial charge on any atom is 0.317 e. The fourth-order valence-corrected chi connectivity index (χ4v) is 3.57. The Labute approximate surface area is 158 Å². The first-order chi connectivity index (χ1) is 12.7. The van der Waals surface area contributed by atoms with E-state index in [0.29, 0.717) is 19.1 Å². The van der Waals surface area contributed by atoms with Gasteiger partial charge in [0.25, 0.3) is 0 Å². The number of carbonyl (C=O) groups excluding carboxylic acids is 1. The van der Waals surface area contributed by atoms with Crippen molar-refractivity contribution >= 4 is 17.4 Å². The van der Waals surface area contributed by atoms with Crippen molar-refractivity contribution in [2.45, 2.75) is 19.3 Å². The van der Waals surface area contributed by atoms with Gasteiger partial charge in [-0.1, -0.05) is 0 Å². The van der Waals surface area contributed by atoms with Crippen LogP contribution in [0, 0.1) is 5.92 Å². The van der Waals surface area contributed by atoms with Crippen molar-refractivity contribution in [3.63, 3.8) is 0 Å². The molecular formula is C19H25N3O3S. The van der Waals surface area contributed by atoms with Crippen molar-refractivity contribution in [3.05, 3.63) is 40.8 Å². The summed E-state index contributed by atoms with van der Waals surface area (Å²) in [5, 5.41) is 5.99. The zero-order valence-corrected chi connectivity index (χ0v) is 15.8. The molecule has 1 saturated heterocycles. The second-order valence-corrected chi connectivity index (χ2v) is 7.30. The largest absolute Gasteiger partial charge is 0.497 e. The molecule has 0 radical (unpaired) electrons. The van der Waals surface area contributed by atoms with Crippen LogP contribution in [0.1, 0.15) is 17.8 Å². The third kappa shape index (κ3) is 5.36. The molecule has 0 spiro atoms. The first kappa shape index (κ1) is 18.5. The smallest absolute Gasteiger partial charge is 0.317 e. The number of nitrogens with one attached hydrogen (secondary N) is 1. The number of nitrogens with zero attached hydrogens (tertiary/aromatic N) is 2. The monoisotopic (exact) mass is 375 g/mol. The number of piperidine rings is 1. The number of amides is 2. The van der Waals surface area contributed by atoms with Crippen LogP contribution in [0.5, 0.6) is 11.5 Å². The number of rotatable bonds is 7. The Morgan fingerprint density at radius 1 is 1.27 bits per heavy atom. The summed E-state index contributed by atoms with van der Waals surface area (Å²) in [4.78, 5) is 18.3. The predicted molar refractivity (Wildman–Crippen MR) is 102 cm³/mol. The molecule has 1 N–H and O–H groups in total. The molecule has 26 heavy (non-hydrogen) atoms. The predicted octanol–water partition coefficient (Wildman–Crippen LogP) is 3.19. The number of carbonyl (C=O) groups is 1. The summed E-state index contributed by atoms with van der Waals surface area (Å²) in [6.45, 7) is 2.87. The number of hydrogen-bond donors (Lipinski definition) is 1. The number of hydrogen-bond acceptors (Lipinski definition) is 5. The lowest BCUT2D eigenvalue weighted by molar-refractivity contribution is 0.145. The number of thiazole rings is 1. The maximum atomic E-state index is 12.2. The van der Waals surface area contributed by atoms with Crippen molar-refractivity contribution in [2.75, 3.05) is 33.4 Å². The molecule has 1 aliphatic rings. The molecule has 0 atom stereocenters. The van der Waals surface area contributed by atoms with Crippen LogP contribution < -0.4 is 14.8 Å². The molecule has 2 amide bonds. The normalized spacial score (nSPS) is 14.9. The number of benzene rings is 1. The van der Waals surface area contributed by atoms with E-state index in [-0.39, 0.29) is 6.03 Å². The Morgan fingerprint density at radius 3 is 2.65 bits per heavy atom. The van der Waals surface area contributed by atoms with Gasteiger partial charge in [-0.05, 0) is 43.0 Å². The first-order valence-electron chi connectivity index (χ1n) is 8.92. The van der Waals surface area contributed by atoms with Crippen LogP contribution in [0.25, 0.3) is 0 Å². The molecule has 0 unspecified atom stereocenters. The third-order valence-corrected chi connectivity index (χ3v) is 5.38. The van der Waals surface area contributed by atoms with Gasteiger partial charge in [-0.3, -0.25) is 0 Å². The Balaban J connectivity index is 1.33. The van der Waals surface area contributed by atoms with Crippen LogP contribution in [0.3, 0.4) is 0 Å². The van der Waals surface area contributed by atoms with Crippen LogP contribution >= 0.6 is 11.3 Å². The van der Waals surface area contributed by atoms with E-state index in [2.05, 4.69) is 10.3 Å². The van der Waals surface area contributed by atoms with Gasteiger partial charge in [0.2, 0.25) is 0 Å².